The zero-order chi connectivity index (χ0) is 19.6. The first kappa shape index (κ1) is 18.8. The van der Waals surface area contributed by atoms with Crippen LogP contribution < -0.4 is 0 Å². The molecular formula is C21H27N5O. The molecule has 1 aliphatic rings. The third-order valence-corrected chi connectivity index (χ3v) is 4.78. The number of rotatable bonds is 2. The van der Waals surface area contributed by atoms with E-state index in [1.54, 1.807) is 12.3 Å². The standard InChI is InChI=1S/C19H19N5O.C2H6.H2/c1-4-13-10-11(2)16-17(21-13)23-18(22-16)19(25)24-9-7-15-14(12(24)3)6-5-8-20-15;1-2;/h4-6,8,10,12H,1,7,9H2,2-3H3,(H,21,22,23);1-2H3;1H/t12-;;/m1../s1. The van der Waals surface area contributed by atoms with Gasteiger partial charge in [-0.2, -0.15) is 0 Å². The van der Waals surface area contributed by atoms with Gasteiger partial charge in [-0.1, -0.05) is 26.5 Å². The summed E-state index contributed by atoms with van der Waals surface area (Å²) in [4.78, 5) is 31.3. The topological polar surface area (TPSA) is 74.8 Å². The molecule has 0 saturated carbocycles. The number of hydrogen-bond donors (Lipinski definition) is 1. The molecule has 6 heteroatoms. The highest BCUT2D eigenvalue weighted by atomic mass is 16.2. The SMILES string of the molecule is C=Cc1cc(C)c2[nH]c(C(=O)N3CCc4ncccc4[C@H]3C)nc2n1.CC.[HH]. The van der Waals surface area contributed by atoms with E-state index in [9.17, 15) is 4.79 Å². The number of hydrogen-bond acceptors (Lipinski definition) is 4. The van der Waals surface area contributed by atoms with Crippen molar-refractivity contribution in [2.24, 2.45) is 0 Å². The van der Waals surface area contributed by atoms with E-state index in [2.05, 4.69) is 26.5 Å². The van der Waals surface area contributed by atoms with Gasteiger partial charge < -0.3 is 9.88 Å². The number of nitrogens with zero attached hydrogens (tertiary/aromatic N) is 4. The molecule has 0 unspecified atom stereocenters. The summed E-state index contributed by atoms with van der Waals surface area (Å²) in [7, 11) is 0. The molecule has 0 aromatic carbocycles. The van der Waals surface area contributed by atoms with E-state index in [0.717, 1.165) is 34.5 Å². The fraction of sp³-hybridized carbons (Fsp3) is 0.333. The fourth-order valence-electron chi connectivity index (χ4n) is 3.42. The largest absolute Gasteiger partial charge is 0.332 e. The van der Waals surface area contributed by atoms with Crippen LogP contribution in [0.3, 0.4) is 0 Å². The number of carbonyl (C=O) groups excluding carboxylic acids is 1. The Morgan fingerprint density at radius 1 is 1.41 bits per heavy atom. The van der Waals surface area contributed by atoms with E-state index in [1.807, 2.05) is 50.8 Å². The average molecular weight is 365 g/mol. The summed E-state index contributed by atoms with van der Waals surface area (Å²) in [5.41, 5.74) is 5.25. The minimum atomic E-state index is -0.112. The molecule has 0 bridgehead atoms. The van der Waals surface area contributed by atoms with Crippen LogP contribution >= 0.6 is 0 Å². The molecule has 3 aromatic heterocycles. The second-order valence-electron chi connectivity index (χ2n) is 6.32. The minimum absolute atomic E-state index is 0. The summed E-state index contributed by atoms with van der Waals surface area (Å²) < 4.78 is 0. The maximum atomic E-state index is 13.0. The molecule has 4 rings (SSSR count). The number of aromatic nitrogens is 4. The molecule has 0 aliphatic carbocycles. The smallest absolute Gasteiger partial charge is 0.290 e. The molecule has 1 amide bonds. The molecular weight excluding hydrogens is 338 g/mol. The van der Waals surface area contributed by atoms with E-state index in [-0.39, 0.29) is 13.4 Å². The Morgan fingerprint density at radius 2 is 2.19 bits per heavy atom. The van der Waals surface area contributed by atoms with Gasteiger partial charge in [-0.25, -0.2) is 9.97 Å². The van der Waals surface area contributed by atoms with Gasteiger partial charge in [0.1, 0.15) is 0 Å². The maximum Gasteiger partial charge on any atom is 0.290 e. The van der Waals surface area contributed by atoms with Crippen LogP contribution in [0.4, 0.5) is 0 Å². The predicted octanol–water partition coefficient (Wildman–Crippen LogP) is 4.34. The molecule has 1 atom stereocenters. The van der Waals surface area contributed by atoms with E-state index in [1.165, 1.54) is 0 Å². The van der Waals surface area contributed by atoms with E-state index in [0.29, 0.717) is 18.0 Å². The van der Waals surface area contributed by atoms with Crippen molar-refractivity contribution in [3.05, 3.63) is 59.3 Å². The van der Waals surface area contributed by atoms with Crippen LogP contribution in [0.25, 0.3) is 17.2 Å². The number of fused-ring (bicyclic) bond motifs is 2. The van der Waals surface area contributed by atoms with Crippen LogP contribution in [0, 0.1) is 6.92 Å². The number of carbonyl (C=O) groups is 1. The number of aryl methyl sites for hydroxylation is 1. The quantitative estimate of drug-likeness (QED) is 0.733. The molecule has 3 aromatic rings. The second kappa shape index (κ2) is 7.70. The highest BCUT2D eigenvalue weighted by Gasteiger charge is 2.30. The van der Waals surface area contributed by atoms with Crippen LogP contribution in [0.15, 0.2) is 31.0 Å². The van der Waals surface area contributed by atoms with Crippen molar-refractivity contribution >= 4 is 23.1 Å². The lowest BCUT2D eigenvalue weighted by Gasteiger charge is -2.34. The van der Waals surface area contributed by atoms with Gasteiger partial charge in [-0.05, 0) is 43.2 Å². The summed E-state index contributed by atoms with van der Waals surface area (Å²) in [5.74, 6) is 0.213. The summed E-state index contributed by atoms with van der Waals surface area (Å²) in [5, 5.41) is 0. The van der Waals surface area contributed by atoms with Crippen LogP contribution in [0.1, 0.15) is 61.4 Å². The summed E-state index contributed by atoms with van der Waals surface area (Å²) in [6, 6.07) is 5.84. The van der Waals surface area contributed by atoms with Gasteiger partial charge in [0.25, 0.3) is 5.91 Å². The highest BCUT2D eigenvalue weighted by Crippen LogP contribution is 2.29. The molecule has 0 saturated heterocycles. The predicted molar refractivity (Wildman–Crippen MR) is 110 cm³/mol. The van der Waals surface area contributed by atoms with Crippen molar-refractivity contribution in [3.63, 3.8) is 0 Å². The Labute approximate surface area is 160 Å². The molecule has 142 valence electrons. The Hall–Kier alpha value is -3.02. The number of amides is 1. The van der Waals surface area contributed by atoms with Crippen LogP contribution in [-0.2, 0) is 6.42 Å². The molecule has 0 radical (unpaired) electrons. The van der Waals surface area contributed by atoms with Gasteiger partial charge in [-0.3, -0.25) is 9.78 Å². The molecule has 27 heavy (non-hydrogen) atoms. The maximum absolute atomic E-state index is 13.0. The third kappa shape index (κ3) is 3.35. The molecule has 1 N–H and O–H groups in total. The zero-order valence-corrected chi connectivity index (χ0v) is 16.3. The van der Waals surface area contributed by atoms with Crippen molar-refractivity contribution in [3.8, 4) is 0 Å². The first-order valence-electron chi connectivity index (χ1n) is 9.33. The Kier molecular flexibility index (Phi) is 5.35. The van der Waals surface area contributed by atoms with Gasteiger partial charge in [0.05, 0.1) is 17.3 Å². The molecule has 0 fully saturated rings. The van der Waals surface area contributed by atoms with Gasteiger partial charge in [0, 0.05) is 26.3 Å². The molecule has 4 heterocycles. The van der Waals surface area contributed by atoms with Crippen LogP contribution in [0.5, 0.6) is 0 Å². The highest BCUT2D eigenvalue weighted by molar-refractivity contribution is 5.94. The van der Waals surface area contributed by atoms with E-state index in [4.69, 9.17) is 0 Å². The average Bonchev–Trinajstić information content (AvgIpc) is 3.14. The molecule has 6 nitrogen and oxygen atoms in total. The normalized spacial score (nSPS) is 15.7. The second-order valence-corrected chi connectivity index (χ2v) is 6.32. The number of aromatic amines is 1. The summed E-state index contributed by atoms with van der Waals surface area (Å²) in [6.07, 6.45) is 4.23. The van der Waals surface area contributed by atoms with Crippen molar-refractivity contribution in [1.29, 1.82) is 0 Å². The van der Waals surface area contributed by atoms with Crippen LogP contribution in [0.2, 0.25) is 0 Å². The van der Waals surface area contributed by atoms with E-state index >= 15 is 0 Å². The monoisotopic (exact) mass is 365 g/mol. The van der Waals surface area contributed by atoms with Gasteiger partial charge in [0.15, 0.2) is 11.5 Å². The van der Waals surface area contributed by atoms with Gasteiger partial charge >= 0.3 is 0 Å². The molecule has 1 aliphatic heterocycles. The van der Waals surface area contributed by atoms with Crippen molar-refractivity contribution < 1.29 is 6.22 Å². The van der Waals surface area contributed by atoms with Crippen molar-refractivity contribution in [1.82, 2.24) is 24.8 Å². The van der Waals surface area contributed by atoms with Crippen molar-refractivity contribution in [2.45, 2.75) is 40.2 Å². The zero-order valence-electron chi connectivity index (χ0n) is 16.3. The summed E-state index contributed by atoms with van der Waals surface area (Å²) >= 11 is 0. The first-order chi connectivity index (χ1) is 13.1. The number of imidazole rings is 1. The number of pyridine rings is 2. The van der Waals surface area contributed by atoms with Gasteiger partial charge in [-0.15, -0.1) is 0 Å². The lowest BCUT2D eigenvalue weighted by atomic mass is 9.98. The van der Waals surface area contributed by atoms with Crippen LogP contribution in [-0.4, -0.2) is 37.3 Å². The minimum Gasteiger partial charge on any atom is -0.332 e. The Balaban J connectivity index is 0.000000906. The number of H-pyrrole nitrogens is 1. The lowest BCUT2D eigenvalue weighted by molar-refractivity contribution is 0.0665. The van der Waals surface area contributed by atoms with Crippen molar-refractivity contribution in [2.75, 3.05) is 6.54 Å². The molecule has 0 spiro atoms. The Morgan fingerprint density at radius 3 is 2.93 bits per heavy atom. The lowest BCUT2D eigenvalue weighted by Crippen LogP contribution is -2.39. The third-order valence-electron chi connectivity index (χ3n) is 4.78. The number of nitrogens with one attached hydrogen (secondary N) is 1. The first-order valence-corrected chi connectivity index (χ1v) is 9.33. The Bertz CT molecular complexity index is 998. The van der Waals surface area contributed by atoms with E-state index < -0.39 is 0 Å². The van der Waals surface area contributed by atoms with Gasteiger partial charge in [0.2, 0.25) is 0 Å². The summed E-state index contributed by atoms with van der Waals surface area (Å²) in [6.45, 7) is 12.4. The fourth-order valence-corrected chi connectivity index (χ4v) is 3.42.